The number of hydrogen-bond acceptors (Lipinski definition) is 2. The Balaban J connectivity index is 2.22. The van der Waals surface area contributed by atoms with Gasteiger partial charge in [-0.05, 0) is 17.4 Å². The maximum atomic E-state index is 5.54. The molecule has 1 unspecified atom stereocenters. The van der Waals surface area contributed by atoms with Crippen LogP contribution in [-0.4, -0.2) is 39.3 Å². The van der Waals surface area contributed by atoms with E-state index in [0.717, 1.165) is 25.7 Å². The van der Waals surface area contributed by atoms with Crippen molar-refractivity contribution < 1.29 is 4.74 Å². The van der Waals surface area contributed by atoms with Crippen molar-refractivity contribution in [3.63, 3.8) is 0 Å². The first kappa shape index (κ1) is 17.5. The van der Waals surface area contributed by atoms with Crippen molar-refractivity contribution >= 4 is 5.96 Å². The zero-order valence-electron chi connectivity index (χ0n) is 13.7. The van der Waals surface area contributed by atoms with Gasteiger partial charge in [-0.3, -0.25) is 4.99 Å². The minimum absolute atomic E-state index is 0.446. The molecule has 0 aliphatic carbocycles. The maximum Gasteiger partial charge on any atom is 0.191 e. The zero-order chi connectivity index (χ0) is 15.5. The van der Waals surface area contributed by atoms with Gasteiger partial charge >= 0.3 is 0 Å². The van der Waals surface area contributed by atoms with Crippen LogP contribution in [0.15, 0.2) is 35.3 Å². The topological polar surface area (TPSA) is 45.7 Å². The van der Waals surface area contributed by atoms with E-state index in [4.69, 9.17) is 4.74 Å². The second-order valence-corrected chi connectivity index (χ2v) is 5.66. The first-order chi connectivity index (χ1) is 10.1. The highest BCUT2D eigenvalue weighted by atomic mass is 16.5. The number of nitrogens with zero attached hydrogens (tertiary/aromatic N) is 1. The van der Waals surface area contributed by atoms with Gasteiger partial charge < -0.3 is 15.4 Å². The molecule has 0 aliphatic rings. The largest absolute Gasteiger partial charge is 0.379 e. The molecule has 0 saturated heterocycles. The van der Waals surface area contributed by atoms with Crippen LogP contribution in [0.3, 0.4) is 0 Å². The van der Waals surface area contributed by atoms with E-state index in [9.17, 15) is 0 Å². The molecule has 0 amide bonds. The monoisotopic (exact) mass is 291 g/mol. The van der Waals surface area contributed by atoms with Crippen molar-refractivity contribution in [2.24, 2.45) is 10.9 Å². The summed E-state index contributed by atoms with van der Waals surface area (Å²) in [5, 5.41) is 6.61. The van der Waals surface area contributed by atoms with Gasteiger partial charge in [-0.2, -0.15) is 0 Å². The van der Waals surface area contributed by atoms with Crippen molar-refractivity contribution in [2.75, 3.05) is 33.4 Å². The number of hydrogen-bond donors (Lipinski definition) is 2. The molecule has 118 valence electrons. The molecular weight excluding hydrogens is 262 g/mol. The van der Waals surface area contributed by atoms with Gasteiger partial charge in [0.2, 0.25) is 0 Å². The van der Waals surface area contributed by atoms with Crippen LogP contribution >= 0.6 is 0 Å². The fourth-order valence-electron chi connectivity index (χ4n) is 1.93. The van der Waals surface area contributed by atoms with Gasteiger partial charge in [0, 0.05) is 26.7 Å². The van der Waals surface area contributed by atoms with Crippen LogP contribution in [-0.2, 0) is 4.74 Å². The van der Waals surface area contributed by atoms with Crippen LogP contribution in [0.1, 0.15) is 32.3 Å². The SMILES string of the molecule is CN=C(NCCOCC(C)C)NCC(C)c1ccccc1. The third-order valence-electron chi connectivity index (χ3n) is 3.16. The van der Waals surface area contributed by atoms with E-state index in [1.165, 1.54) is 5.56 Å². The maximum absolute atomic E-state index is 5.54. The van der Waals surface area contributed by atoms with Crippen molar-refractivity contribution in [3.8, 4) is 0 Å². The third kappa shape index (κ3) is 7.71. The number of guanidine groups is 1. The van der Waals surface area contributed by atoms with Crippen LogP contribution in [0.25, 0.3) is 0 Å². The van der Waals surface area contributed by atoms with Crippen molar-refractivity contribution in [1.82, 2.24) is 10.6 Å². The second-order valence-electron chi connectivity index (χ2n) is 5.66. The van der Waals surface area contributed by atoms with Crippen LogP contribution in [0.4, 0.5) is 0 Å². The van der Waals surface area contributed by atoms with Gasteiger partial charge in [-0.25, -0.2) is 0 Å². The molecule has 0 aliphatic heterocycles. The van der Waals surface area contributed by atoms with Gasteiger partial charge in [-0.15, -0.1) is 0 Å². The Kier molecular flexibility index (Phi) is 8.51. The number of ether oxygens (including phenoxy) is 1. The van der Waals surface area contributed by atoms with Crippen LogP contribution in [0, 0.1) is 5.92 Å². The lowest BCUT2D eigenvalue weighted by Crippen LogP contribution is -2.40. The first-order valence-corrected chi connectivity index (χ1v) is 7.70. The van der Waals surface area contributed by atoms with E-state index in [2.05, 4.69) is 60.7 Å². The molecule has 1 rings (SSSR count). The lowest BCUT2D eigenvalue weighted by molar-refractivity contribution is 0.114. The van der Waals surface area contributed by atoms with Gasteiger partial charge in [-0.1, -0.05) is 51.1 Å². The van der Waals surface area contributed by atoms with E-state index in [0.29, 0.717) is 18.4 Å². The summed E-state index contributed by atoms with van der Waals surface area (Å²) in [4.78, 5) is 4.23. The van der Waals surface area contributed by atoms with Crippen LogP contribution < -0.4 is 10.6 Å². The summed E-state index contributed by atoms with van der Waals surface area (Å²) < 4.78 is 5.54. The van der Waals surface area contributed by atoms with E-state index in [1.54, 1.807) is 7.05 Å². The Labute approximate surface area is 129 Å². The Morgan fingerprint density at radius 3 is 2.48 bits per heavy atom. The molecule has 0 spiro atoms. The van der Waals surface area contributed by atoms with Crippen molar-refractivity contribution in [3.05, 3.63) is 35.9 Å². The highest BCUT2D eigenvalue weighted by Crippen LogP contribution is 2.12. The van der Waals surface area contributed by atoms with E-state index in [-0.39, 0.29) is 0 Å². The van der Waals surface area contributed by atoms with Crippen LogP contribution in [0.2, 0.25) is 0 Å². The molecule has 0 fully saturated rings. The summed E-state index contributed by atoms with van der Waals surface area (Å²) in [5.74, 6) is 1.85. The van der Waals surface area contributed by atoms with Gasteiger partial charge in [0.05, 0.1) is 6.61 Å². The number of rotatable bonds is 8. The molecule has 0 aromatic heterocycles. The summed E-state index contributed by atoms with van der Waals surface area (Å²) >= 11 is 0. The fraction of sp³-hybridized carbons (Fsp3) is 0.588. The second kappa shape index (κ2) is 10.2. The van der Waals surface area contributed by atoms with Crippen molar-refractivity contribution in [2.45, 2.75) is 26.7 Å². The highest BCUT2D eigenvalue weighted by molar-refractivity contribution is 5.79. The third-order valence-corrected chi connectivity index (χ3v) is 3.16. The molecule has 1 atom stereocenters. The Morgan fingerprint density at radius 1 is 1.14 bits per heavy atom. The molecule has 1 aromatic rings. The molecule has 0 saturated carbocycles. The minimum Gasteiger partial charge on any atom is -0.379 e. The summed E-state index contributed by atoms with van der Waals surface area (Å²) in [6, 6.07) is 10.5. The average Bonchev–Trinajstić information content (AvgIpc) is 2.50. The summed E-state index contributed by atoms with van der Waals surface area (Å²) in [6.45, 7) is 9.65. The predicted octanol–water partition coefficient (Wildman–Crippen LogP) is 2.63. The molecule has 2 N–H and O–H groups in total. The Hall–Kier alpha value is -1.55. The average molecular weight is 291 g/mol. The summed E-state index contributed by atoms with van der Waals surface area (Å²) in [6.07, 6.45) is 0. The molecule has 0 bridgehead atoms. The molecule has 1 aromatic carbocycles. The normalized spacial score (nSPS) is 13.3. The fourth-order valence-corrected chi connectivity index (χ4v) is 1.93. The van der Waals surface area contributed by atoms with E-state index >= 15 is 0 Å². The zero-order valence-corrected chi connectivity index (χ0v) is 13.7. The van der Waals surface area contributed by atoms with Gasteiger partial charge in [0.25, 0.3) is 0 Å². The molecule has 0 radical (unpaired) electrons. The number of nitrogens with one attached hydrogen (secondary N) is 2. The summed E-state index contributed by atoms with van der Waals surface area (Å²) in [5.41, 5.74) is 1.33. The molecule has 4 heteroatoms. The quantitative estimate of drug-likeness (QED) is 0.440. The van der Waals surface area contributed by atoms with Gasteiger partial charge in [0.1, 0.15) is 0 Å². The number of aliphatic imine (C=N–C) groups is 1. The van der Waals surface area contributed by atoms with Crippen molar-refractivity contribution in [1.29, 1.82) is 0 Å². The minimum atomic E-state index is 0.446. The standard InChI is InChI=1S/C17H29N3O/c1-14(2)13-21-11-10-19-17(18-4)20-12-15(3)16-8-6-5-7-9-16/h5-9,14-15H,10-13H2,1-4H3,(H2,18,19,20). The summed E-state index contributed by atoms with van der Waals surface area (Å²) in [7, 11) is 1.79. The number of benzene rings is 1. The molecular formula is C17H29N3O. The van der Waals surface area contributed by atoms with E-state index < -0.39 is 0 Å². The van der Waals surface area contributed by atoms with Gasteiger partial charge in [0.15, 0.2) is 5.96 Å². The lowest BCUT2D eigenvalue weighted by atomic mass is 10.0. The molecule has 4 nitrogen and oxygen atoms in total. The van der Waals surface area contributed by atoms with Crippen LogP contribution in [0.5, 0.6) is 0 Å². The van der Waals surface area contributed by atoms with E-state index in [1.807, 2.05) is 6.07 Å². The predicted molar refractivity (Wildman–Crippen MR) is 89.9 cm³/mol. The smallest absolute Gasteiger partial charge is 0.191 e. The first-order valence-electron chi connectivity index (χ1n) is 7.70. The Bertz CT molecular complexity index is 404. The lowest BCUT2D eigenvalue weighted by Gasteiger charge is -2.16. The molecule has 21 heavy (non-hydrogen) atoms. The Morgan fingerprint density at radius 2 is 1.86 bits per heavy atom. The highest BCUT2D eigenvalue weighted by Gasteiger charge is 2.05. The molecule has 0 heterocycles.